The number of nitrogens with zero attached hydrogens (tertiary/aromatic N) is 4. The van der Waals surface area contributed by atoms with E-state index in [1.807, 2.05) is 41.1 Å². The van der Waals surface area contributed by atoms with E-state index in [1.54, 1.807) is 30.9 Å². The lowest BCUT2D eigenvalue weighted by molar-refractivity contribution is 0.0952. The molecule has 0 aliphatic heterocycles. The van der Waals surface area contributed by atoms with Crippen molar-refractivity contribution in [2.24, 2.45) is 0 Å². The molecule has 0 atom stereocenters. The first-order valence-electron chi connectivity index (χ1n) is 11.2. The van der Waals surface area contributed by atoms with Gasteiger partial charge in [0.25, 0.3) is 5.91 Å². The number of carbonyl (C=O) groups is 1. The summed E-state index contributed by atoms with van der Waals surface area (Å²) in [5.41, 5.74) is 2.64. The average molecular weight is 493 g/mol. The average Bonchev–Trinajstić information content (AvgIpc) is 3.38. The topological polar surface area (TPSA) is 109 Å². The molecule has 0 bridgehead atoms. The van der Waals surface area contributed by atoms with E-state index >= 15 is 0 Å². The number of carbonyl (C=O) groups excluding carboxylic acids is 1. The van der Waals surface area contributed by atoms with Crippen LogP contribution < -0.4 is 10.6 Å². The van der Waals surface area contributed by atoms with Crippen LogP contribution >= 0.6 is 0 Å². The quantitative estimate of drug-likeness (QED) is 0.329. The molecule has 0 unspecified atom stereocenters. The van der Waals surface area contributed by atoms with Crippen molar-refractivity contribution in [2.75, 3.05) is 26.0 Å². The van der Waals surface area contributed by atoms with Gasteiger partial charge in [-0.15, -0.1) is 0 Å². The number of pyridine rings is 1. The van der Waals surface area contributed by atoms with Gasteiger partial charge in [0, 0.05) is 69.0 Å². The number of nitrogens with one attached hydrogen (secondary N) is 2. The Hall–Kier alpha value is -3.76. The molecular weight excluding hydrogens is 464 g/mol. The van der Waals surface area contributed by atoms with Crippen molar-refractivity contribution in [1.29, 1.82) is 0 Å². The number of sulfonamides is 1. The Morgan fingerprint density at radius 3 is 2.69 bits per heavy atom. The van der Waals surface area contributed by atoms with Gasteiger partial charge in [0.15, 0.2) is 0 Å². The first kappa shape index (κ1) is 24.4. The normalized spacial score (nSPS) is 11.6. The summed E-state index contributed by atoms with van der Waals surface area (Å²) in [6, 6.07) is 14.4. The largest absolute Gasteiger partial charge is 0.381 e. The number of hydrogen-bond donors (Lipinski definition) is 2. The number of para-hydroxylation sites is 1. The number of rotatable bonds is 10. The van der Waals surface area contributed by atoms with E-state index in [0.717, 1.165) is 33.7 Å². The van der Waals surface area contributed by atoms with Crippen LogP contribution in [0, 0.1) is 0 Å². The molecule has 2 aromatic heterocycles. The number of hydrogen-bond acceptors (Lipinski definition) is 6. The summed E-state index contributed by atoms with van der Waals surface area (Å²) >= 11 is 0. The van der Waals surface area contributed by atoms with E-state index < -0.39 is 10.0 Å². The molecule has 9 nitrogen and oxygen atoms in total. The van der Waals surface area contributed by atoms with E-state index in [-0.39, 0.29) is 16.4 Å². The summed E-state index contributed by atoms with van der Waals surface area (Å²) in [5.74, 6) is -0.332. The number of amides is 1. The van der Waals surface area contributed by atoms with Crippen LogP contribution in [0.2, 0.25) is 0 Å². The Bertz CT molecular complexity index is 1410. The highest BCUT2D eigenvalue weighted by Gasteiger charge is 2.20. The van der Waals surface area contributed by atoms with Crippen LogP contribution in [-0.2, 0) is 23.1 Å². The highest BCUT2D eigenvalue weighted by molar-refractivity contribution is 7.89. The molecule has 2 heterocycles. The monoisotopic (exact) mass is 492 g/mol. The lowest BCUT2D eigenvalue weighted by Crippen LogP contribution is -2.26. The van der Waals surface area contributed by atoms with Crippen molar-refractivity contribution in [1.82, 2.24) is 24.2 Å². The van der Waals surface area contributed by atoms with Gasteiger partial charge in [0.05, 0.1) is 16.7 Å². The van der Waals surface area contributed by atoms with Crippen molar-refractivity contribution in [3.8, 4) is 0 Å². The van der Waals surface area contributed by atoms with Gasteiger partial charge in [0.1, 0.15) is 0 Å². The maximum Gasteiger partial charge on any atom is 0.251 e. The molecule has 2 N–H and O–H groups in total. The standard InChI is InChI=1S/C25H28N6O3S/c1-30(2)35(33,34)23-15-21(25(32)28-10-5-12-31-13-11-26-18-31)14-22(16-23)29-17-20-7-3-6-19-8-4-9-27-24(19)20/h3-4,6-9,11,13-16,18,29H,5,10,12,17H2,1-2H3,(H,28,32). The molecule has 0 saturated heterocycles. The van der Waals surface area contributed by atoms with Gasteiger partial charge in [-0.25, -0.2) is 17.7 Å². The molecule has 0 radical (unpaired) electrons. The Morgan fingerprint density at radius 1 is 1.09 bits per heavy atom. The Kier molecular flexibility index (Phi) is 7.42. The number of imidazole rings is 1. The van der Waals surface area contributed by atoms with Gasteiger partial charge in [-0.2, -0.15) is 0 Å². The van der Waals surface area contributed by atoms with Gasteiger partial charge in [0.2, 0.25) is 10.0 Å². The molecule has 0 spiro atoms. The molecule has 0 fully saturated rings. The predicted octanol–water partition coefficient (Wildman–Crippen LogP) is 3.11. The minimum atomic E-state index is -3.74. The Morgan fingerprint density at radius 2 is 1.91 bits per heavy atom. The molecule has 10 heteroatoms. The maximum atomic E-state index is 12.9. The number of aryl methyl sites for hydroxylation is 1. The SMILES string of the molecule is CN(C)S(=O)(=O)c1cc(NCc2cccc3cccnc23)cc(C(=O)NCCCn2ccnc2)c1. The first-order chi connectivity index (χ1) is 16.8. The number of fused-ring (bicyclic) bond motifs is 1. The Labute approximate surface area is 204 Å². The molecular formula is C25H28N6O3S. The number of benzene rings is 2. The molecule has 35 heavy (non-hydrogen) atoms. The molecule has 0 aliphatic rings. The highest BCUT2D eigenvalue weighted by Crippen LogP contribution is 2.23. The summed E-state index contributed by atoms with van der Waals surface area (Å²) in [4.78, 5) is 21.4. The zero-order chi connectivity index (χ0) is 24.8. The van der Waals surface area contributed by atoms with Gasteiger partial charge in [-0.3, -0.25) is 9.78 Å². The molecule has 0 aliphatic carbocycles. The molecule has 4 aromatic rings. The van der Waals surface area contributed by atoms with Crippen LogP contribution in [0.5, 0.6) is 0 Å². The van der Waals surface area contributed by atoms with Crippen LogP contribution in [0.25, 0.3) is 10.9 Å². The fraction of sp³-hybridized carbons (Fsp3) is 0.240. The van der Waals surface area contributed by atoms with Crippen molar-refractivity contribution in [3.63, 3.8) is 0 Å². The van der Waals surface area contributed by atoms with E-state index in [0.29, 0.717) is 18.8 Å². The molecule has 0 saturated carbocycles. The van der Waals surface area contributed by atoms with Gasteiger partial charge in [-0.05, 0) is 36.2 Å². The second kappa shape index (κ2) is 10.7. The van der Waals surface area contributed by atoms with E-state index in [9.17, 15) is 13.2 Å². The minimum absolute atomic E-state index is 0.0483. The van der Waals surface area contributed by atoms with Crippen LogP contribution in [0.4, 0.5) is 5.69 Å². The summed E-state index contributed by atoms with van der Waals surface area (Å²) in [6.07, 6.45) is 7.75. The van der Waals surface area contributed by atoms with Crippen molar-refractivity contribution >= 4 is 32.5 Å². The third-order valence-electron chi connectivity index (χ3n) is 5.58. The molecule has 2 aromatic carbocycles. The van der Waals surface area contributed by atoms with Crippen LogP contribution in [-0.4, -0.2) is 53.8 Å². The smallest absolute Gasteiger partial charge is 0.251 e. The van der Waals surface area contributed by atoms with Gasteiger partial charge < -0.3 is 15.2 Å². The molecule has 4 rings (SSSR count). The Balaban J connectivity index is 1.54. The first-order valence-corrected chi connectivity index (χ1v) is 12.7. The minimum Gasteiger partial charge on any atom is -0.381 e. The zero-order valence-electron chi connectivity index (χ0n) is 19.7. The fourth-order valence-corrected chi connectivity index (χ4v) is 4.66. The lowest BCUT2D eigenvalue weighted by Gasteiger charge is -2.16. The third kappa shape index (κ3) is 5.84. The van der Waals surface area contributed by atoms with Crippen molar-refractivity contribution in [2.45, 2.75) is 24.4 Å². The second-order valence-electron chi connectivity index (χ2n) is 8.29. The zero-order valence-corrected chi connectivity index (χ0v) is 20.5. The van der Waals surface area contributed by atoms with Crippen LogP contribution in [0.3, 0.4) is 0 Å². The van der Waals surface area contributed by atoms with Crippen LogP contribution in [0.15, 0.2) is 78.3 Å². The number of aromatic nitrogens is 3. The fourth-order valence-electron chi connectivity index (χ4n) is 3.68. The third-order valence-corrected chi connectivity index (χ3v) is 7.38. The van der Waals surface area contributed by atoms with Gasteiger partial charge >= 0.3 is 0 Å². The second-order valence-corrected chi connectivity index (χ2v) is 10.4. The molecule has 1 amide bonds. The van der Waals surface area contributed by atoms with E-state index in [4.69, 9.17) is 0 Å². The van der Waals surface area contributed by atoms with Crippen molar-refractivity contribution in [3.05, 3.63) is 84.6 Å². The van der Waals surface area contributed by atoms with Gasteiger partial charge in [-0.1, -0.05) is 24.3 Å². The summed E-state index contributed by atoms with van der Waals surface area (Å²) in [7, 11) is -0.806. The summed E-state index contributed by atoms with van der Waals surface area (Å²) < 4.78 is 28.8. The highest BCUT2D eigenvalue weighted by atomic mass is 32.2. The van der Waals surface area contributed by atoms with Crippen LogP contribution in [0.1, 0.15) is 22.3 Å². The van der Waals surface area contributed by atoms with E-state index in [2.05, 4.69) is 20.6 Å². The summed E-state index contributed by atoms with van der Waals surface area (Å²) in [6.45, 7) is 1.60. The summed E-state index contributed by atoms with van der Waals surface area (Å²) in [5, 5.41) is 7.17. The van der Waals surface area contributed by atoms with Crippen molar-refractivity contribution < 1.29 is 13.2 Å². The van der Waals surface area contributed by atoms with E-state index in [1.165, 1.54) is 20.2 Å². The lowest BCUT2D eigenvalue weighted by atomic mass is 10.1. The molecule has 182 valence electrons. The number of anilines is 1. The maximum absolute atomic E-state index is 12.9. The predicted molar refractivity (Wildman–Crippen MR) is 136 cm³/mol.